The molecule has 0 spiro atoms. The largest absolute Gasteiger partial charge is 0.466 e. The number of aryl methyl sites for hydroxylation is 1. The van der Waals surface area contributed by atoms with E-state index in [0.29, 0.717) is 30.1 Å². The van der Waals surface area contributed by atoms with Gasteiger partial charge in [0.1, 0.15) is 11.6 Å². The molecule has 4 rings (SSSR count). The second-order valence-corrected chi connectivity index (χ2v) is 13.3. The fraction of sp³-hybridized carbons (Fsp3) is 0.400. The minimum absolute atomic E-state index is 0.0182. The van der Waals surface area contributed by atoms with E-state index in [1.165, 1.54) is 11.1 Å². The summed E-state index contributed by atoms with van der Waals surface area (Å²) in [6.07, 6.45) is 5.36. The molecule has 15 nitrogen and oxygen atoms in total. The number of hydrogen-bond donors (Lipinski definition) is 3. The van der Waals surface area contributed by atoms with Gasteiger partial charge in [0, 0.05) is 31.0 Å². The van der Waals surface area contributed by atoms with Crippen LogP contribution in [-0.4, -0.2) is 70.9 Å². The number of esters is 2. The van der Waals surface area contributed by atoms with Crippen LogP contribution < -0.4 is 10.2 Å². The van der Waals surface area contributed by atoms with Gasteiger partial charge in [-0.05, 0) is 61.4 Å². The smallest absolute Gasteiger partial charge is 0.337 e. The van der Waals surface area contributed by atoms with Crippen LogP contribution in [0.2, 0.25) is 0 Å². The lowest BCUT2D eigenvalue weighted by Gasteiger charge is -2.25. The van der Waals surface area contributed by atoms with Crippen molar-refractivity contribution in [1.29, 1.82) is 5.53 Å². The minimum atomic E-state index is -4.59. The van der Waals surface area contributed by atoms with E-state index in [0.717, 1.165) is 36.9 Å². The molecular weight excluding hydrogens is 678 g/mol. The molecule has 0 fully saturated rings. The van der Waals surface area contributed by atoms with Crippen LogP contribution in [0.15, 0.2) is 72.0 Å². The Labute approximate surface area is 296 Å². The molecule has 2 atom stereocenters. The normalized spacial score (nSPS) is 12.5. The number of hydrogen-bond acceptors (Lipinski definition) is 12. The molecule has 2 heterocycles. The number of amides is 1. The number of imidazole rings is 1. The number of nitrogens with zero attached hydrogens (tertiary/aromatic N) is 5. The predicted molar refractivity (Wildman–Crippen MR) is 190 cm³/mol. The first-order chi connectivity index (χ1) is 24.4. The van der Waals surface area contributed by atoms with Gasteiger partial charge in [0.05, 0.1) is 42.5 Å². The highest BCUT2D eigenvalue weighted by Gasteiger charge is 2.32. The third-order valence-corrected chi connectivity index (χ3v) is 8.92. The second kappa shape index (κ2) is 18.1. The molecule has 0 aliphatic heterocycles. The number of fused-ring (bicyclic) bond motifs is 1. The number of nitrogens with one attached hydrogen (secondary N) is 2. The van der Waals surface area contributed by atoms with Gasteiger partial charge in [0.2, 0.25) is 0 Å². The molecule has 0 saturated heterocycles. The monoisotopic (exact) mass is 721 g/mol. The highest BCUT2D eigenvalue weighted by molar-refractivity contribution is 7.85. The van der Waals surface area contributed by atoms with Crippen LogP contribution in [0.3, 0.4) is 0 Å². The second-order valence-electron chi connectivity index (χ2n) is 11.8. The Morgan fingerprint density at radius 2 is 1.78 bits per heavy atom. The summed E-state index contributed by atoms with van der Waals surface area (Å²) in [5.41, 5.74) is 10.3. The summed E-state index contributed by atoms with van der Waals surface area (Å²) < 4.78 is 45.3. The lowest BCUT2D eigenvalue weighted by Crippen LogP contribution is -2.41. The molecule has 2 aromatic carbocycles. The maximum absolute atomic E-state index is 13.9. The van der Waals surface area contributed by atoms with Crippen molar-refractivity contribution in [3.8, 4) is 0 Å². The fourth-order valence-electron chi connectivity index (χ4n) is 5.43. The first-order valence-corrected chi connectivity index (χ1v) is 18.2. The number of anilines is 2. The molecule has 16 heteroatoms. The summed E-state index contributed by atoms with van der Waals surface area (Å²) >= 11 is 0. The van der Waals surface area contributed by atoms with Gasteiger partial charge >= 0.3 is 11.9 Å². The first kappa shape index (κ1) is 38.6. The number of rotatable bonds is 19. The highest BCUT2D eigenvalue weighted by Crippen LogP contribution is 2.24. The number of carbonyl (C=O) groups excluding carboxylic acids is 3. The van der Waals surface area contributed by atoms with Crippen LogP contribution in [0.25, 0.3) is 11.0 Å². The summed E-state index contributed by atoms with van der Waals surface area (Å²) in [6.45, 7) is 3.85. The zero-order valence-electron chi connectivity index (χ0n) is 28.8. The van der Waals surface area contributed by atoms with Gasteiger partial charge in [0.25, 0.3) is 16.0 Å². The Hall–Kier alpha value is -5.22. The summed E-state index contributed by atoms with van der Waals surface area (Å²) in [4.78, 5) is 49.2. The van der Waals surface area contributed by atoms with Crippen molar-refractivity contribution in [2.75, 3.05) is 35.7 Å². The number of benzene rings is 2. The predicted octanol–water partition coefficient (Wildman–Crippen LogP) is 5.49. The van der Waals surface area contributed by atoms with Crippen molar-refractivity contribution in [2.24, 2.45) is 18.1 Å². The van der Waals surface area contributed by atoms with Crippen molar-refractivity contribution < 1.29 is 36.8 Å². The van der Waals surface area contributed by atoms with Gasteiger partial charge < -0.3 is 19.4 Å². The Balaban J connectivity index is 1.49. The maximum Gasteiger partial charge on any atom is 0.337 e. The molecule has 51 heavy (non-hydrogen) atoms. The van der Waals surface area contributed by atoms with E-state index in [2.05, 4.69) is 22.3 Å². The molecule has 272 valence electrons. The van der Waals surface area contributed by atoms with Gasteiger partial charge in [0.15, 0.2) is 6.04 Å². The van der Waals surface area contributed by atoms with Crippen molar-refractivity contribution in [1.82, 2.24) is 14.5 Å². The molecule has 0 aliphatic carbocycles. The molecule has 0 aliphatic rings. The van der Waals surface area contributed by atoms with E-state index in [9.17, 15) is 27.4 Å². The standard InChI is InChI=1S/C35H43N7O8S/c1-4-6-7-10-19-50-35(45)32(40-36)24-12-15-27(16-13-24)38-21-31-39-28-20-25(14-17-29(28)41(31)3)33(43)42(30-11-8-9-18-37-30)22-26(23-51(46,47)48)34(44)49-5-2/h8-9,11-18,20,26,32,36,38H,4-7,10,19,21-23H2,1-3H3,(H,46,47,48). The van der Waals surface area contributed by atoms with Crippen molar-refractivity contribution in [3.05, 3.63) is 83.8 Å². The average Bonchev–Trinajstić information content (AvgIpc) is 3.43. The van der Waals surface area contributed by atoms with Crippen LogP contribution in [0.5, 0.6) is 0 Å². The van der Waals surface area contributed by atoms with Gasteiger partial charge in [-0.15, -0.1) is 0 Å². The van der Waals surface area contributed by atoms with Crippen LogP contribution in [-0.2, 0) is 42.8 Å². The quantitative estimate of drug-likeness (QED) is 0.0478. The zero-order chi connectivity index (χ0) is 37.0. The molecule has 0 bridgehead atoms. The Kier molecular flexibility index (Phi) is 13.7. The molecule has 2 aromatic heterocycles. The van der Waals surface area contributed by atoms with Gasteiger partial charge in [-0.2, -0.15) is 13.5 Å². The van der Waals surface area contributed by atoms with E-state index < -0.39 is 52.2 Å². The Morgan fingerprint density at radius 1 is 1.02 bits per heavy atom. The van der Waals surface area contributed by atoms with E-state index in [-0.39, 0.29) is 18.0 Å². The third-order valence-electron chi connectivity index (χ3n) is 8.10. The number of unbranched alkanes of at least 4 members (excludes halogenated alkanes) is 3. The number of carbonyl (C=O) groups is 3. The van der Waals surface area contributed by atoms with E-state index in [1.807, 2.05) is 11.6 Å². The number of aromatic nitrogens is 3. The van der Waals surface area contributed by atoms with Gasteiger partial charge in [-0.3, -0.25) is 19.0 Å². The Bertz CT molecular complexity index is 1920. The molecule has 3 N–H and O–H groups in total. The number of pyridine rings is 1. The summed E-state index contributed by atoms with van der Waals surface area (Å²) in [5, 5.41) is 6.77. The fourth-order valence-corrected chi connectivity index (χ4v) is 6.18. The molecule has 0 radical (unpaired) electrons. The van der Waals surface area contributed by atoms with E-state index in [1.54, 1.807) is 67.6 Å². The minimum Gasteiger partial charge on any atom is -0.466 e. The summed E-state index contributed by atoms with van der Waals surface area (Å²) in [6, 6.07) is 15.7. The lowest BCUT2D eigenvalue weighted by molar-refractivity contribution is -0.147. The molecule has 2 unspecified atom stereocenters. The first-order valence-electron chi connectivity index (χ1n) is 16.6. The average molecular weight is 722 g/mol. The van der Waals surface area contributed by atoms with Crippen molar-refractivity contribution in [2.45, 2.75) is 52.1 Å². The van der Waals surface area contributed by atoms with Crippen LogP contribution in [0.4, 0.5) is 11.5 Å². The van der Waals surface area contributed by atoms with Crippen molar-refractivity contribution in [3.63, 3.8) is 0 Å². The lowest BCUT2D eigenvalue weighted by atomic mass is 10.1. The highest BCUT2D eigenvalue weighted by atomic mass is 32.2. The summed E-state index contributed by atoms with van der Waals surface area (Å²) in [5.74, 6) is -3.49. The molecule has 0 saturated carbocycles. The van der Waals surface area contributed by atoms with Crippen LogP contribution >= 0.6 is 0 Å². The SMILES string of the molecule is CCCCCCOC(=O)C(N=N)c1ccc(NCc2nc3cc(C(=O)N(CC(CS(=O)(=O)O)C(=O)OCC)c4ccccn4)ccc3n2C)cc1. The van der Waals surface area contributed by atoms with E-state index >= 15 is 0 Å². The molecule has 1 amide bonds. The number of ether oxygens (including phenoxy) is 2. The zero-order valence-corrected chi connectivity index (χ0v) is 29.6. The molecule has 4 aromatic rings. The summed E-state index contributed by atoms with van der Waals surface area (Å²) in [7, 11) is -2.75. The molecular formula is C35H43N7O8S. The van der Waals surface area contributed by atoms with Gasteiger partial charge in [-0.1, -0.05) is 44.4 Å². The van der Waals surface area contributed by atoms with Crippen LogP contribution in [0, 0.1) is 11.4 Å². The maximum atomic E-state index is 13.9. The third kappa shape index (κ3) is 10.6. The van der Waals surface area contributed by atoms with Crippen molar-refractivity contribution >= 4 is 50.5 Å². The van der Waals surface area contributed by atoms with Gasteiger partial charge in [-0.25, -0.2) is 20.3 Å². The Morgan fingerprint density at radius 3 is 2.43 bits per heavy atom. The van der Waals surface area contributed by atoms with Crippen LogP contribution in [0.1, 0.15) is 67.3 Å². The van der Waals surface area contributed by atoms with E-state index in [4.69, 9.17) is 20.0 Å². The topological polar surface area (TPSA) is 206 Å².